The second kappa shape index (κ2) is 65.7. The number of carbonyl (C=O) groups excluding carboxylic acids is 6. The van der Waals surface area contributed by atoms with Gasteiger partial charge in [0, 0.05) is 19.0 Å². The Bertz CT molecular complexity index is 2080. The van der Waals surface area contributed by atoms with Gasteiger partial charge in [0.2, 0.25) is 5.91 Å². The molecule has 12 nitrogen and oxygen atoms in total. The Morgan fingerprint density at radius 2 is 0.519 bits per heavy atom. The number of carbonyl (C=O) groups is 6. The largest absolute Gasteiger partial charge is 0.465 e. The van der Waals surface area contributed by atoms with Gasteiger partial charge in [0.25, 0.3) is 0 Å². The topological polar surface area (TPSA) is 152 Å². The standard InChI is InChI=1S/C90H169NO11.2CH4/c1-13-19-24-29-34-39-44-49-54-62-69-98-81(93)86(7,8)75-88(10,83(95)100-71-64-56-51-46-41-36-31-26-21-15-3)77-90(12,85(97)102-73-66-58-53-48-43-38-33-28-23-17-5)78-89(11,84(96)101-72-65-57-52-47-42-37-32-27-22-16-4)76-87(9,74-79(18-6)91-68-61-59-60-67-80(91)92)82(94)99-70-63-55-50-45-40-35-30-25-20-14-2;;/h79H,13-78H2,1-12H3;2*1H4. The summed E-state index contributed by atoms with van der Waals surface area (Å²) in [4.78, 5) is 93.3. The van der Waals surface area contributed by atoms with Crippen LogP contribution in [-0.2, 0) is 52.5 Å². The van der Waals surface area contributed by atoms with Gasteiger partial charge in [-0.3, -0.25) is 28.8 Å². The van der Waals surface area contributed by atoms with Crippen molar-refractivity contribution in [1.82, 2.24) is 4.90 Å². The SMILES string of the molecule is C.C.CCCCCCCCCCCCOC(=O)C(C)(C)CC(C)(CC(C)(CC(C)(CC(C)(CC(CC)N1CCCCCC1=O)C(=O)OCCCCCCCCCCCC)C(=O)OCCCCCCCCCCCC)C(=O)OCCCCCCCCCCCC)C(=O)OCCCCCCCCCCCC. The molecule has 1 rings (SSSR count). The van der Waals surface area contributed by atoms with E-state index in [9.17, 15) is 9.59 Å². The van der Waals surface area contributed by atoms with E-state index in [0.29, 0.717) is 38.6 Å². The molecule has 0 aliphatic carbocycles. The molecule has 1 heterocycles. The zero-order valence-electron chi connectivity index (χ0n) is 69.7. The highest BCUT2D eigenvalue weighted by molar-refractivity contribution is 5.85. The quantitative estimate of drug-likeness (QED) is 0.0325. The van der Waals surface area contributed by atoms with Crippen molar-refractivity contribution in [3.8, 4) is 0 Å². The summed E-state index contributed by atoms with van der Waals surface area (Å²) in [6.45, 7) is 26.1. The van der Waals surface area contributed by atoms with Crippen LogP contribution in [-0.4, -0.2) is 86.3 Å². The van der Waals surface area contributed by atoms with Gasteiger partial charge in [-0.1, -0.05) is 352 Å². The minimum absolute atomic E-state index is 0. The average molecular weight is 1470 g/mol. The lowest BCUT2D eigenvalue weighted by molar-refractivity contribution is -0.175. The van der Waals surface area contributed by atoms with E-state index in [4.69, 9.17) is 23.7 Å². The molecule has 0 aromatic heterocycles. The van der Waals surface area contributed by atoms with E-state index in [0.717, 1.165) is 122 Å². The second-order valence-corrected chi connectivity index (χ2v) is 34.1. The summed E-state index contributed by atoms with van der Waals surface area (Å²) in [6.07, 6.45) is 60.4. The van der Waals surface area contributed by atoms with Crippen LogP contribution >= 0.6 is 0 Å². The lowest BCUT2D eigenvalue weighted by Crippen LogP contribution is -2.50. The minimum Gasteiger partial charge on any atom is -0.465 e. The molecule has 1 fully saturated rings. The van der Waals surface area contributed by atoms with Crippen molar-refractivity contribution in [2.24, 2.45) is 27.1 Å². The minimum atomic E-state index is -1.56. The predicted molar refractivity (Wildman–Crippen MR) is 441 cm³/mol. The molecule has 1 amide bonds. The van der Waals surface area contributed by atoms with Crippen LogP contribution in [0.5, 0.6) is 0 Å². The number of unbranched alkanes of at least 4 members (excludes halogenated alkanes) is 45. The number of ether oxygens (including phenoxy) is 5. The Balaban J connectivity index is 0. The van der Waals surface area contributed by atoms with Crippen molar-refractivity contribution in [1.29, 1.82) is 0 Å². The summed E-state index contributed by atoms with van der Waals surface area (Å²) in [5.74, 6) is -2.28. The van der Waals surface area contributed by atoms with Crippen LogP contribution < -0.4 is 0 Å². The molecule has 12 heteroatoms. The fourth-order valence-corrected chi connectivity index (χ4v) is 16.5. The van der Waals surface area contributed by atoms with E-state index in [1.807, 2.05) is 46.4 Å². The van der Waals surface area contributed by atoms with Gasteiger partial charge in [0.15, 0.2) is 0 Å². The molecule has 0 aromatic carbocycles. The van der Waals surface area contributed by atoms with Crippen molar-refractivity contribution in [3.05, 3.63) is 0 Å². The van der Waals surface area contributed by atoms with E-state index in [2.05, 4.69) is 41.5 Å². The van der Waals surface area contributed by atoms with Gasteiger partial charge in [-0.2, -0.15) is 0 Å². The highest BCUT2D eigenvalue weighted by atomic mass is 16.6. The third-order valence-corrected chi connectivity index (χ3v) is 22.6. The van der Waals surface area contributed by atoms with Crippen LogP contribution in [0.15, 0.2) is 0 Å². The monoisotopic (exact) mass is 1470 g/mol. The molecule has 0 spiro atoms. The molecule has 1 saturated heterocycles. The maximum absolute atomic E-state index is 15.8. The van der Waals surface area contributed by atoms with E-state index in [-0.39, 0.29) is 91.9 Å². The van der Waals surface area contributed by atoms with Crippen LogP contribution in [0.1, 0.15) is 483 Å². The summed E-state index contributed by atoms with van der Waals surface area (Å²) in [7, 11) is 0. The second-order valence-electron chi connectivity index (χ2n) is 34.1. The summed E-state index contributed by atoms with van der Waals surface area (Å²) in [5.41, 5.74) is -7.05. The molecule has 5 unspecified atom stereocenters. The number of hydrogen-bond acceptors (Lipinski definition) is 11. The van der Waals surface area contributed by atoms with Crippen molar-refractivity contribution in [2.45, 2.75) is 489 Å². The molecule has 0 saturated carbocycles. The molecule has 0 radical (unpaired) electrons. The maximum Gasteiger partial charge on any atom is 0.311 e. The van der Waals surface area contributed by atoms with Gasteiger partial charge >= 0.3 is 29.8 Å². The van der Waals surface area contributed by atoms with Crippen LogP contribution in [0.25, 0.3) is 0 Å². The Kier molecular flexibility index (Phi) is 65.0. The van der Waals surface area contributed by atoms with Gasteiger partial charge in [0.1, 0.15) is 0 Å². The molecule has 616 valence electrons. The first-order valence-electron chi connectivity index (χ1n) is 44.3. The fraction of sp³-hybridized carbons (Fsp3) is 0.935. The predicted octanol–water partition coefficient (Wildman–Crippen LogP) is 27.8. The van der Waals surface area contributed by atoms with Gasteiger partial charge in [-0.05, 0) is 125 Å². The number of likely N-dealkylation sites (tertiary alicyclic amines) is 1. The van der Waals surface area contributed by atoms with Crippen molar-refractivity contribution in [3.63, 3.8) is 0 Å². The van der Waals surface area contributed by atoms with Crippen LogP contribution in [0, 0.1) is 27.1 Å². The lowest BCUT2D eigenvalue weighted by atomic mass is 9.59. The van der Waals surface area contributed by atoms with Gasteiger partial charge in [-0.15, -0.1) is 0 Å². The highest BCUT2D eigenvalue weighted by Crippen LogP contribution is 2.53. The van der Waals surface area contributed by atoms with Crippen molar-refractivity contribution < 1.29 is 52.5 Å². The van der Waals surface area contributed by atoms with Gasteiger partial charge in [-0.25, -0.2) is 0 Å². The maximum atomic E-state index is 15.8. The van der Waals surface area contributed by atoms with Crippen molar-refractivity contribution >= 4 is 35.8 Å². The van der Waals surface area contributed by atoms with Gasteiger partial charge in [0.05, 0.1) is 60.1 Å². The number of rotatable bonds is 72. The number of esters is 5. The average Bonchev–Trinajstić information content (AvgIpc) is 0.800. The molecule has 104 heavy (non-hydrogen) atoms. The summed E-state index contributed by atoms with van der Waals surface area (Å²) in [6, 6.07) is -0.310. The van der Waals surface area contributed by atoms with E-state index in [1.165, 1.54) is 199 Å². The molecule has 0 N–H and O–H groups in total. The molecular weight excluding hydrogens is 1300 g/mol. The zero-order chi connectivity index (χ0) is 75.3. The first-order chi connectivity index (χ1) is 49.2. The normalized spacial score (nSPS) is 15.3. The Morgan fingerprint density at radius 3 is 0.779 bits per heavy atom. The third-order valence-electron chi connectivity index (χ3n) is 22.6. The smallest absolute Gasteiger partial charge is 0.311 e. The van der Waals surface area contributed by atoms with Crippen LogP contribution in [0.3, 0.4) is 0 Å². The molecule has 1 aliphatic rings. The van der Waals surface area contributed by atoms with E-state index < -0.39 is 56.9 Å². The third kappa shape index (κ3) is 49.1. The van der Waals surface area contributed by atoms with E-state index in [1.54, 1.807) is 0 Å². The molecule has 0 bridgehead atoms. The first kappa shape index (κ1) is 103. The van der Waals surface area contributed by atoms with Gasteiger partial charge < -0.3 is 28.6 Å². The van der Waals surface area contributed by atoms with Crippen molar-refractivity contribution in [2.75, 3.05) is 39.6 Å². The lowest BCUT2D eigenvalue weighted by Gasteiger charge is -2.45. The first-order valence-corrected chi connectivity index (χ1v) is 44.3. The summed E-state index contributed by atoms with van der Waals surface area (Å²) in [5, 5.41) is 0. The fourth-order valence-electron chi connectivity index (χ4n) is 16.5. The summed E-state index contributed by atoms with van der Waals surface area (Å²) < 4.78 is 31.9. The zero-order valence-corrected chi connectivity index (χ0v) is 69.7. The van der Waals surface area contributed by atoms with Crippen LogP contribution in [0.4, 0.5) is 0 Å². The Labute approximate surface area is 645 Å². The van der Waals surface area contributed by atoms with E-state index >= 15 is 19.2 Å². The molecule has 0 aromatic rings. The van der Waals surface area contributed by atoms with Crippen LogP contribution in [0.2, 0.25) is 0 Å². The highest BCUT2D eigenvalue weighted by Gasteiger charge is 2.56. The number of nitrogens with zero attached hydrogens (tertiary/aromatic N) is 1. The molecule has 1 aliphatic heterocycles. The number of hydrogen-bond donors (Lipinski definition) is 0. The molecular formula is C92H177NO11. The summed E-state index contributed by atoms with van der Waals surface area (Å²) >= 11 is 0. The molecule has 5 atom stereocenters. The number of amides is 1. The Hall–Kier alpha value is -3.18. The Morgan fingerprint density at radius 1 is 0.298 bits per heavy atom.